The Morgan fingerprint density at radius 1 is 1.00 bits per heavy atom. The van der Waals surface area contributed by atoms with Gasteiger partial charge in [-0.15, -0.1) is 20.4 Å². The smallest absolute Gasteiger partial charge is 0.283 e. The van der Waals surface area contributed by atoms with Crippen LogP contribution in [0.1, 0.15) is 34.8 Å². The van der Waals surface area contributed by atoms with E-state index in [0.29, 0.717) is 40.5 Å². The molecule has 0 amide bonds. The van der Waals surface area contributed by atoms with Crippen LogP contribution < -0.4 is 0 Å². The fourth-order valence-electron chi connectivity index (χ4n) is 3.45. The number of aromatic nitrogens is 4. The molecule has 0 N–H and O–H groups in total. The molecule has 1 aliphatic heterocycles. The van der Waals surface area contributed by atoms with Gasteiger partial charge < -0.3 is 13.3 Å². The first-order valence-corrected chi connectivity index (χ1v) is 9.64. The molecule has 28 heavy (non-hydrogen) atoms. The summed E-state index contributed by atoms with van der Waals surface area (Å²) in [5.74, 6) is 2.53. The van der Waals surface area contributed by atoms with Crippen molar-refractivity contribution in [1.82, 2.24) is 25.3 Å². The van der Waals surface area contributed by atoms with Crippen molar-refractivity contribution < 1.29 is 13.3 Å². The molecule has 1 aromatic carbocycles. The van der Waals surface area contributed by atoms with Crippen LogP contribution >= 0.6 is 15.9 Å². The zero-order chi connectivity index (χ0) is 19.1. The highest BCUT2D eigenvalue weighted by molar-refractivity contribution is 9.10. The second-order valence-electron chi connectivity index (χ2n) is 6.66. The maximum atomic E-state index is 5.82. The SMILES string of the molecule is Cc1nnc(C2Cc3ccccc3CN2Cc2nnc(-c3ccc(Br)o3)o2)o1. The van der Waals surface area contributed by atoms with Gasteiger partial charge in [-0.25, -0.2) is 0 Å². The molecule has 0 radical (unpaired) electrons. The van der Waals surface area contributed by atoms with Crippen molar-refractivity contribution in [3.63, 3.8) is 0 Å². The molecule has 0 saturated heterocycles. The van der Waals surface area contributed by atoms with E-state index in [-0.39, 0.29) is 6.04 Å². The lowest BCUT2D eigenvalue weighted by Gasteiger charge is -2.33. The standard InChI is InChI=1S/C19H16BrN5O3/c1-11-21-23-18(26-11)14-8-12-4-2-3-5-13(12)9-25(14)10-17-22-24-19(28-17)15-6-7-16(20)27-15/h2-7,14H,8-10H2,1H3. The van der Waals surface area contributed by atoms with Crippen LogP contribution in [-0.2, 0) is 19.5 Å². The van der Waals surface area contributed by atoms with Crippen LogP contribution in [0.4, 0.5) is 0 Å². The molecule has 1 unspecified atom stereocenters. The van der Waals surface area contributed by atoms with Crippen LogP contribution in [0.3, 0.4) is 0 Å². The first-order valence-electron chi connectivity index (χ1n) is 8.84. The monoisotopic (exact) mass is 441 g/mol. The summed E-state index contributed by atoms with van der Waals surface area (Å²) in [6, 6.07) is 11.9. The Morgan fingerprint density at radius 3 is 2.61 bits per heavy atom. The van der Waals surface area contributed by atoms with E-state index in [1.54, 1.807) is 19.1 Å². The Hall–Kier alpha value is -2.78. The number of furan rings is 1. The van der Waals surface area contributed by atoms with Crippen molar-refractivity contribution in [2.45, 2.75) is 32.5 Å². The molecule has 8 nitrogen and oxygen atoms in total. The molecule has 4 heterocycles. The highest BCUT2D eigenvalue weighted by atomic mass is 79.9. The number of benzene rings is 1. The van der Waals surface area contributed by atoms with Gasteiger partial charge in [0.1, 0.15) is 0 Å². The third-order valence-electron chi connectivity index (χ3n) is 4.76. The van der Waals surface area contributed by atoms with Crippen molar-refractivity contribution in [1.29, 1.82) is 0 Å². The summed E-state index contributed by atoms with van der Waals surface area (Å²) in [7, 11) is 0. The lowest BCUT2D eigenvalue weighted by atomic mass is 9.94. The Balaban J connectivity index is 1.44. The number of halogens is 1. The normalized spacial score (nSPS) is 17.0. The van der Waals surface area contributed by atoms with E-state index in [9.17, 15) is 0 Å². The van der Waals surface area contributed by atoms with Gasteiger partial charge in [-0.2, -0.15) is 0 Å². The minimum atomic E-state index is -0.0517. The van der Waals surface area contributed by atoms with E-state index in [1.807, 2.05) is 6.07 Å². The Labute approximate surface area is 168 Å². The van der Waals surface area contributed by atoms with Crippen LogP contribution in [0, 0.1) is 6.92 Å². The fourth-order valence-corrected chi connectivity index (χ4v) is 3.76. The van der Waals surface area contributed by atoms with Crippen LogP contribution in [0.15, 0.2) is 54.3 Å². The van der Waals surface area contributed by atoms with Crippen LogP contribution in [0.25, 0.3) is 11.7 Å². The third kappa shape index (κ3) is 3.27. The number of fused-ring (bicyclic) bond motifs is 1. The summed E-state index contributed by atoms with van der Waals surface area (Å²) < 4.78 is 17.6. The zero-order valence-corrected chi connectivity index (χ0v) is 16.6. The largest absolute Gasteiger partial charge is 0.444 e. The van der Waals surface area contributed by atoms with Gasteiger partial charge in [0.25, 0.3) is 5.89 Å². The van der Waals surface area contributed by atoms with Gasteiger partial charge in [-0.05, 0) is 45.6 Å². The van der Waals surface area contributed by atoms with E-state index >= 15 is 0 Å². The fraction of sp³-hybridized carbons (Fsp3) is 0.263. The van der Waals surface area contributed by atoms with E-state index in [1.165, 1.54) is 11.1 Å². The highest BCUT2D eigenvalue weighted by Gasteiger charge is 2.32. The van der Waals surface area contributed by atoms with Crippen molar-refractivity contribution in [3.8, 4) is 11.7 Å². The highest BCUT2D eigenvalue weighted by Crippen LogP contribution is 2.34. The maximum absolute atomic E-state index is 5.82. The molecular weight excluding hydrogens is 426 g/mol. The summed E-state index contributed by atoms with van der Waals surface area (Å²) >= 11 is 3.28. The zero-order valence-electron chi connectivity index (χ0n) is 15.0. The van der Waals surface area contributed by atoms with Crippen LogP contribution in [0.2, 0.25) is 0 Å². The minimum absolute atomic E-state index is 0.0517. The van der Waals surface area contributed by atoms with Crippen molar-refractivity contribution in [2.75, 3.05) is 0 Å². The summed E-state index contributed by atoms with van der Waals surface area (Å²) in [6.45, 7) is 2.99. The molecular formula is C19H16BrN5O3. The summed E-state index contributed by atoms with van der Waals surface area (Å²) in [5.41, 5.74) is 2.55. The van der Waals surface area contributed by atoms with Gasteiger partial charge in [-0.1, -0.05) is 24.3 Å². The molecule has 0 bridgehead atoms. The van der Waals surface area contributed by atoms with Crippen molar-refractivity contribution in [3.05, 3.63) is 69.9 Å². The molecule has 5 rings (SSSR count). The van der Waals surface area contributed by atoms with Crippen molar-refractivity contribution in [2.24, 2.45) is 0 Å². The second kappa shape index (κ2) is 6.99. The first-order chi connectivity index (χ1) is 13.7. The first kappa shape index (κ1) is 17.3. The van der Waals surface area contributed by atoms with Gasteiger partial charge in [0.05, 0.1) is 12.6 Å². The summed E-state index contributed by atoms with van der Waals surface area (Å²) in [5, 5.41) is 16.5. The average molecular weight is 442 g/mol. The Morgan fingerprint density at radius 2 is 1.86 bits per heavy atom. The molecule has 0 saturated carbocycles. The molecule has 9 heteroatoms. The van der Waals surface area contributed by atoms with E-state index < -0.39 is 0 Å². The molecule has 0 spiro atoms. The second-order valence-corrected chi connectivity index (χ2v) is 7.44. The van der Waals surface area contributed by atoms with E-state index in [0.717, 1.165) is 13.0 Å². The molecule has 0 fully saturated rings. The number of nitrogens with zero attached hydrogens (tertiary/aromatic N) is 5. The van der Waals surface area contributed by atoms with E-state index in [2.05, 4.69) is 59.4 Å². The molecule has 1 aliphatic rings. The van der Waals surface area contributed by atoms with Crippen LogP contribution in [0.5, 0.6) is 0 Å². The Bertz CT molecular complexity index is 1120. The lowest BCUT2D eigenvalue weighted by molar-refractivity contribution is 0.125. The number of rotatable bonds is 4. The predicted molar refractivity (Wildman–Crippen MR) is 101 cm³/mol. The van der Waals surface area contributed by atoms with E-state index in [4.69, 9.17) is 13.3 Å². The topological polar surface area (TPSA) is 94.2 Å². The van der Waals surface area contributed by atoms with Gasteiger partial charge in [0.2, 0.25) is 17.7 Å². The average Bonchev–Trinajstić information content (AvgIpc) is 3.43. The number of hydrogen-bond donors (Lipinski definition) is 0. The van der Waals surface area contributed by atoms with Crippen molar-refractivity contribution >= 4 is 15.9 Å². The van der Waals surface area contributed by atoms with Crippen LogP contribution in [-0.4, -0.2) is 25.3 Å². The quantitative estimate of drug-likeness (QED) is 0.467. The maximum Gasteiger partial charge on any atom is 0.283 e. The third-order valence-corrected chi connectivity index (χ3v) is 5.19. The van der Waals surface area contributed by atoms with Gasteiger partial charge in [0.15, 0.2) is 10.4 Å². The molecule has 142 valence electrons. The summed E-state index contributed by atoms with van der Waals surface area (Å²) in [6.07, 6.45) is 0.782. The molecule has 3 aromatic heterocycles. The molecule has 4 aromatic rings. The van der Waals surface area contributed by atoms with Gasteiger partial charge >= 0.3 is 0 Å². The summed E-state index contributed by atoms with van der Waals surface area (Å²) in [4.78, 5) is 2.21. The predicted octanol–water partition coefficient (Wildman–Crippen LogP) is 4.08. The number of hydrogen-bond acceptors (Lipinski definition) is 8. The number of aryl methyl sites for hydroxylation is 1. The lowest BCUT2D eigenvalue weighted by Crippen LogP contribution is -2.34. The van der Waals surface area contributed by atoms with Gasteiger partial charge in [0, 0.05) is 13.5 Å². The molecule has 1 atom stereocenters. The molecule has 0 aliphatic carbocycles. The Kier molecular flexibility index (Phi) is 4.33. The van der Waals surface area contributed by atoms with Gasteiger partial charge in [-0.3, -0.25) is 4.90 Å². The minimum Gasteiger partial charge on any atom is -0.444 e.